The Bertz CT molecular complexity index is 291. The molecule has 3 nitrogen and oxygen atoms in total. The fraction of sp³-hybridized carbons (Fsp3) is 0.667. The molecule has 1 aliphatic carbocycles. The number of nitrogens with one attached hydrogen (secondary N) is 1. The molecular weight excluding hydrogens is 186 g/mol. The molecule has 0 aromatic carbocycles. The molecule has 0 aliphatic heterocycles. The molecule has 1 aromatic rings. The maximum absolute atomic E-state index is 4.03. The van der Waals surface area contributed by atoms with Gasteiger partial charge < -0.3 is 5.32 Å². The lowest BCUT2D eigenvalue weighted by molar-refractivity contribution is 0.233. The Morgan fingerprint density at radius 2 is 2.13 bits per heavy atom. The van der Waals surface area contributed by atoms with Crippen molar-refractivity contribution in [3.8, 4) is 0 Å². The van der Waals surface area contributed by atoms with Gasteiger partial charge >= 0.3 is 0 Å². The molecule has 0 saturated heterocycles. The van der Waals surface area contributed by atoms with Crippen LogP contribution in [0.4, 0.5) is 5.82 Å². The van der Waals surface area contributed by atoms with Crippen molar-refractivity contribution in [1.29, 1.82) is 0 Å². The molecule has 1 heterocycles. The SMILES string of the molecule is CC1(CNc2cccnn2)CCCCC1. The van der Waals surface area contributed by atoms with Crippen LogP contribution in [0.15, 0.2) is 18.3 Å². The van der Waals surface area contributed by atoms with Crippen LogP contribution >= 0.6 is 0 Å². The Labute approximate surface area is 91.3 Å². The van der Waals surface area contributed by atoms with E-state index in [1.807, 2.05) is 12.1 Å². The average Bonchev–Trinajstić information content (AvgIpc) is 2.29. The van der Waals surface area contributed by atoms with Gasteiger partial charge in [0.1, 0.15) is 5.82 Å². The monoisotopic (exact) mass is 205 g/mol. The highest BCUT2D eigenvalue weighted by molar-refractivity contribution is 5.31. The van der Waals surface area contributed by atoms with Crippen molar-refractivity contribution in [3.63, 3.8) is 0 Å². The van der Waals surface area contributed by atoms with E-state index in [1.165, 1.54) is 32.1 Å². The summed E-state index contributed by atoms with van der Waals surface area (Å²) in [4.78, 5) is 0. The van der Waals surface area contributed by atoms with Crippen molar-refractivity contribution in [2.75, 3.05) is 11.9 Å². The predicted octanol–water partition coefficient (Wildman–Crippen LogP) is 2.86. The summed E-state index contributed by atoms with van der Waals surface area (Å²) in [6, 6.07) is 3.89. The fourth-order valence-electron chi connectivity index (χ4n) is 2.28. The highest BCUT2D eigenvalue weighted by atomic mass is 15.2. The van der Waals surface area contributed by atoms with Gasteiger partial charge in [0.15, 0.2) is 0 Å². The molecule has 1 N–H and O–H groups in total. The lowest BCUT2D eigenvalue weighted by Gasteiger charge is -2.33. The Kier molecular flexibility index (Phi) is 3.19. The number of anilines is 1. The molecule has 1 saturated carbocycles. The molecule has 1 fully saturated rings. The van der Waals surface area contributed by atoms with Crippen LogP contribution in [0.2, 0.25) is 0 Å². The third-order valence-electron chi connectivity index (χ3n) is 3.33. The van der Waals surface area contributed by atoms with Crippen LogP contribution < -0.4 is 5.32 Å². The second kappa shape index (κ2) is 4.60. The molecular formula is C12H19N3. The van der Waals surface area contributed by atoms with Crippen molar-refractivity contribution in [2.24, 2.45) is 5.41 Å². The number of aromatic nitrogens is 2. The maximum atomic E-state index is 4.03. The van der Waals surface area contributed by atoms with E-state index in [2.05, 4.69) is 22.4 Å². The minimum absolute atomic E-state index is 0.454. The van der Waals surface area contributed by atoms with E-state index in [0.29, 0.717) is 5.41 Å². The van der Waals surface area contributed by atoms with Crippen molar-refractivity contribution in [1.82, 2.24) is 10.2 Å². The van der Waals surface area contributed by atoms with Gasteiger partial charge in [-0.15, -0.1) is 5.10 Å². The third-order valence-corrected chi connectivity index (χ3v) is 3.33. The first-order valence-electron chi connectivity index (χ1n) is 5.80. The zero-order chi connectivity index (χ0) is 10.6. The van der Waals surface area contributed by atoms with Crippen LogP contribution in [0.3, 0.4) is 0 Å². The first-order chi connectivity index (χ1) is 7.29. The van der Waals surface area contributed by atoms with Gasteiger partial charge in [0.2, 0.25) is 0 Å². The smallest absolute Gasteiger partial charge is 0.148 e. The first kappa shape index (κ1) is 10.4. The second-order valence-electron chi connectivity index (χ2n) is 4.83. The van der Waals surface area contributed by atoms with E-state index in [4.69, 9.17) is 0 Å². The second-order valence-corrected chi connectivity index (χ2v) is 4.83. The molecule has 3 heteroatoms. The normalized spacial score (nSPS) is 19.8. The van der Waals surface area contributed by atoms with Gasteiger partial charge in [-0.1, -0.05) is 26.2 Å². The van der Waals surface area contributed by atoms with Crippen molar-refractivity contribution in [3.05, 3.63) is 18.3 Å². The largest absolute Gasteiger partial charge is 0.368 e. The van der Waals surface area contributed by atoms with E-state index in [9.17, 15) is 0 Å². The molecule has 0 bridgehead atoms. The molecule has 0 unspecified atom stereocenters. The van der Waals surface area contributed by atoms with E-state index in [1.54, 1.807) is 6.20 Å². The standard InChI is InChI=1S/C12H19N3/c1-12(7-3-2-4-8-12)10-13-11-6-5-9-14-15-11/h5-6,9H,2-4,7-8,10H2,1H3,(H,13,15). The fourth-order valence-corrected chi connectivity index (χ4v) is 2.28. The topological polar surface area (TPSA) is 37.8 Å². The van der Waals surface area contributed by atoms with Gasteiger partial charge in [-0.3, -0.25) is 0 Å². The summed E-state index contributed by atoms with van der Waals surface area (Å²) in [6.07, 6.45) is 8.52. The minimum Gasteiger partial charge on any atom is -0.368 e. The summed E-state index contributed by atoms with van der Waals surface area (Å²) in [5.41, 5.74) is 0.454. The van der Waals surface area contributed by atoms with Crippen LogP contribution in [-0.4, -0.2) is 16.7 Å². The highest BCUT2D eigenvalue weighted by Crippen LogP contribution is 2.35. The third kappa shape index (κ3) is 2.91. The lowest BCUT2D eigenvalue weighted by Crippen LogP contribution is -2.29. The Balaban J connectivity index is 1.87. The summed E-state index contributed by atoms with van der Waals surface area (Å²) in [7, 11) is 0. The van der Waals surface area contributed by atoms with Crippen LogP contribution in [0, 0.1) is 5.41 Å². The van der Waals surface area contributed by atoms with E-state index < -0.39 is 0 Å². The van der Waals surface area contributed by atoms with Gasteiger partial charge in [0.25, 0.3) is 0 Å². The van der Waals surface area contributed by atoms with Gasteiger partial charge in [-0.2, -0.15) is 5.10 Å². The number of hydrogen-bond donors (Lipinski definition) is 1. The number of nitrogens with zero attached hydrogens (tertiary/aromatic N) is 2. The molecule has 82 valence electrons. The van der Waals surface area contributed by atoms with Crippen LogP contribution in [-0.2, 0) is 0 Å². The molecule has 0 radical (unpaired) electrons. The molecule has 0 spiro atoms. The predicted molar refractivity (Wildman–Crippen MR) is 61.7 cm³/mol. The van der Waals surface area contributed by atoms with Gasteiger partial charge in [-0.25, -0.2) is 0 Å². The number of rotatable bonds is 3. The molecule has 0 amide bonds. The quantitative estimate of drug-likeness (QED) is 0.824. The summed E-state index contributed by atoms with van der Waals surface area (Å²) < 4.78 is 0. The van der Waals surface area contributed by atoms with Crippen LogP contribution in [0.1, 0.15) is 39.0 Å². The van der Waals surface area contributed by atoms with Crippen molar-refractivity contribution >= 4 is 5.82 Å². The zero-order valence-electron chi connectivity index (χ0n) is 9.37. The van der Waals surface area contributed by atoms with Crippen molar-refractivity contribution in [2.45, 2.75) is 39.0 Å². The Hall–Kier alpha value is -1.12. The molecule has 1 aromatic heterocycles. The molecule has 1 aliphatic rings. The maximum Gasteiger partial charge on any atom is 0.148 e. The first-order valence-corrected chi connectivity index (χ1v) is 5.80. The van der Waals surface area contributed by atoms with Gasteiger partial charge in [0, 0.05) is 12.7 Å². The van der Waals surface area contributed by atoms with E-state index >= 15 is 0 Å². The number of hydrogen-bond acceptors (Lipinski definition) is 3. The van der Waals surface area contributed by atoms with E-state index in [-0.39, 0.29) is 0 Å². The summed E-state index contributed by atoms with van der Waals surface area (Å²) >= 11 is 0. The minimum atomic E-state index is 0.454. The van der Waals surface area contributed by atoms with Crippen LogP contribution in [0.5, 0.6) is 0 Å². The zero-order valence-corrected chi connectivity index (χ0v) is 9.37. The summed E-state index contributed by atoms with van der Waals surface area (Å²) in [5.74, 6) is 0.893. The van der Waals surface area contributed by atoms with Gasteiger partial charge in [0.05, 0.1) is 0 Å². The summed E-state index contributed by atoms with van der Waals surface area (Å²) in [6.45, 7) is 3.39. The average molecular weight is 205 g/mol. The molecule has 15 heavy (non-hydrogen) atoms. The molecule has 2 rings (SSSR count). The Morgan fingerprint density at radius 3 is 2.80 bits per heavy atom. The van der Waals surface area contributed by atoms with Crippen molar-refractivity contribution < 1.29 is 0 Å². The lowest BCUT2D eigenvalue weighted by atomic mass is 9.76. The Morgan fingerprint density at radius 1 is 1.33 bits per heavy atom. The molecule has 0 atom stereocenters. The van der Waals surface area contributed by atoms with Crippen LogP contribution in [0.25, 0.3) is 0 Å². The van der Waals surface area contributed by atoms with E-state index in [0.717, 1.165) is 12.4 Å². The highest BCUT2D eigenvalue weighted by Gasteiger charge is 2.26. The summed E-state index contributed by atoms with van der Waals surface area (Å²) in [5, 5.41) is 11.3. The van der Waals surface area contributed by atoms with Gasteiger partial charge in [-0.05, 0) is 30.4 Å².